The van der Waals surface area contributed by atoms with Crippen molar-refractivity contribution < 1.29 is 9.53 Å². The molecule has 0 saturated heterocycles. The SMILES string of the molecule is CCCCCCOc1ccc(C2C(C(N)=O)=C(C)Nc3nnnn32)cc1. The summed E-state index contributed by atoms with van der Waals surface area (Å²) >= 11 is 0. The lowest BCUT2D eigenvalue weighted by molar-refractivity contribution is -0.115. The van der Waals surface area contributed by atoms with E-state index < -0.39 is 11.9 Å². The smallest absolute Gasteiger partial charge is 0.248 e. The Morgan fingerprint density at radius 1 is 1.27 bits per heavy atom. The number of fused-ring (bicyclic) bond motifs is 1. The fourth-order valence-corrected chi connectivity index (χ4v) is 3.10. The van der Waals surface area contributed by atoms with Crippen LogP contribution in [0.3, 0.4) is 0 Å². The molecule has 8 nitrogen and oxygen atoms in total. The predicted octanol–water partition coefficient (Wildman–Crippen LogP) is 2.41. The number of nitrogens with zero attached hydrogens (tertiary/aromatic N) is 4. The van der Waals surface area contributed by atoms with E-state index in [1.807, 2.05) is 24.3 Å². The molecule has 2 aromatic rings. The number of nitrogens with one attached hydrogen (secondary N) is 1. The second-order valence-electron chi connectivity index (χ2n) is 6.36. The number of aromatic nitrogens is 4. The number of anilines is 1. The zero-order valence-electron chi connectivity index (χ0n) is 15.1. The van der Waals surface area contributed by atoms with Crippen molar-refractivity contribution in [3.8, 4) is 5.75 Å². The van der Waals surface area contributed by atoms with Crippen LogP contribution < -0.4 is 15.8 Å². The van der Waals surface area contributed by atoms with Gasteiger partial charge < -0.3 is 15.8 Å². The summed E-state index contributed by atoms with van der Waals surface area (Å²) in [4.78, 5) is 12.0. The molecule has 1 amide bonds. The third-order valence-electron chi connectivity index (χ3n) is 4.44. The number of rotatable bonds is 8. The summed E-state index contributed by atoms with van der Waals surface area (Å²) < 4.78 is 7.34. The Hall–Kier alpha value is -2.90. The quantitative estimate of drug-likeness (QED) is 0.703. The summed E-state index contributed by atoms with van der Waals surface area (Å²) in [5.41, 5.74) is 7.57. The summed E-state index contributed by atoms with van der Waals surface area (Å²) in [6, 6.07) is 7.17. The van der Waals surface area contributed by atoms with Crippen molar-refractivity contribution in [1.29, 1.82) is 0 Å². The number of carbonyl (C=O) groups excluding carboxylic acids is 1. The number of benzene rings is 1. The summed E-state index contributed by atoms with van der Waals surface area (Å²) in [6.07, 6.45) is 4.66. The minimum Gasteiger partial charge on any atom is -0.494 e. The van der Waals surface area contributed by atoms with Crippen molar-refractivity contribution in [2.45, 2.75) is 45.6 Å². The number of ether oxygens (including phenoxy) is 1. The molecule has 1 unspecified atom stereocenters. The van der Waals surface area contributed by atoms with Gasteiger partial charge in [0.2, 0.25) is 11.9 Å². The molecular formula is C18H24N6O2. The fraction of sp³-hybridized carbons (Fsp3) is 0.444. The first-order valence-corrected chi connectivity index (χ1v) is 8.90. The van der Waals surface area contributed by atoms with Crippen molar-refractivity contribution in [3.63, 3.8) is 0 Å². The van der Waals surface area contributed by atoms with Crippen LogP contribution in [-0.4, -0.2) is 32.7 Å². The average molecular weight is 356 g/mol. The molecule has 0 aliphatic carbocycles. The molecule has 1 aliphatic heterocycles. The van der Waals surface area contributed by atoms with E-state index in [0.29, 0.717) is 23.8 Å². The zero-order chi connectivity index (χ0) is 18.5. The Bertz CT molecular complexity index is 796. The van der Waals surface area contributed by atoms with E-state index in [4.69, 9.17) is 10.5 Å². The summed E-state index contributed by atoms with van der Waals surface area (Å²) in [5, 5.41) is 14.6. The van der Waals surface area contributed by atoms with Gasteiger partial charge in [-0.3, -0.25) is 4.79 Å². The zero-order valence-corrected chi connectivity index (χ0v) is 15.1. The molecule has 138 valence electrons. The molecule has 1 atom stereocenters. The highest BCUT2D eigenvalue weighted by Gasteiger charge is 2.32. The van der Waals surface area contributed by atoms with Crippen molar-refractivity contribution in [2.24, 2.45) is 5.73 Å². The summed E-state index contributed by atoms with van der Waals surface area (Å²) in [7, 11) is 0. The van der Waals surface area contributed by atoms with E-state index in [0.717, 1.165) is 17.7 Å². The number of carbonyl (C=O) groups is 1. The Labute approximate surface area is 152 Å². The van der Waals surface area contributed by atoms with Gasteiger partial charge in [0.25, 0.3) is 0 Å². The molecule has 26 heavy (non-hydrogen) atoms. The van der Waals surface area contributed by atoms with E-state index in [2.05, 4.69) is 27.8 Å². The lowest BCUT2D eigenvalue weighted by atomic mass is 9.95. The van der Waals surface area contributed by atoms with E-state index in [-0.39, 0.29) is 0 Å². The van der Waals surface area contributed by atoms with Crippen LogP contribution >= 0.6 is 0 Å². The van der Waals surface area contributed by atoms with Crippen LogP contribution in [0.25, 0.3) is 0 Å². The van der Waals surface area contributed by atoms with Crippen LogP contribution in [0.4, 0.5) is 5.95 Å². The van der Waals surface area contributed by atoms with E-state index >= 15 is 0 Å². The molecule has 8 heteroatoms. The highest BCUT2D eigenvalue weighted by molar-refractivity contribution is 5.95. The van der Waals surface area contributed by atoms with Gasteiger partial charge in [-0.1, -0.05) is 43.4 Å². The van der Waals surface area contributed by atoms with Gasteiger partial charge >= 0.3 is 0 Å². The number of nitrogens with two attached hydrogens (primary N) is 1. The number of allylic oxidation sites excluding steroid dienone is 1. The lowest BCUT2D eigenvalue weighted by Crippen LogP contribution is -2.31. The van der Waals surface area contributed by atoms with Crippen LogP contribution in [0, 0.1) is 0 Å². The topological polar surface area (TPSA) is 108 Å². The summed E-state index contributed by atoms with van der Waals surface area (Å²) in [6.45, 7) is 4.68. The maximum atomic E-state index is 12.0. The Balaban J connectivity index is 1.78. The molecule has 0 bridgehead atoms. The molecule has 0 spiro atoms. The van der Waals surface area contributed by atoms with Gasteiger partial charge in [-0.15, -0.1) is 0 Å². The van der Waals surface area contributed by atoms with Crippen LogP contribution in [-0.2, 0) is 4.79 Å². The second-order valence-corrected chi connectivity index (χ2v) is 6.36. The molecule has 0 fully saturated rings. The fourth-order valence-electron chi connectivity index (χ4n) is 3.10. The van der Waals surface area contributed by atoms with Crippen LogP contribution in [0.15, 0.2) is 35.5 Å². The number of hydrogen-bond acceptors (Lipinski definition) is 6. The van der Waals surface area contributed by atoms with E-state index in [1.165, 1.54) is 19.3 Å². The predicted molar refractivity (Wildman–Crippen MR) is 97.6 cm³/mol. The molecule has 1 aliphatic rings. The van der Waals surface area contributed by atoms with Crippen molar-refractivity contribution in [1.82, 2.24) is 20.2 Å². The maximum Gasteiger partial charge on any atom is 0.248 e. The summed E-state index contributed by atoms with van der Waals surface area (Å²) in [5.74, 6) is 0.781. The van der Waals surface area contributed by atoms with Gasteiger partial charge in [-0.2, -0.15) is 4.68 Å². The van der Waals surface area contributed by atoms with Gasteiger partial charge in [0, 0.05) is 5.70 Å². The number of unbranched alkanes of at least 4 members (excludes halogenated alkanes) is 3. The number of amides is 1. The monoisotopic (exact) mass is 356 g/mol. The lowest BCUT2D eigenvalue weighted by Gasteiger charge is -2.26. The average Bonchev–Trinajstić information content (AvgIpc) is 3.08. The minimum absolute atomic E-state index is 0.443. The molecule has 3 rings (SSSR count). The molecule has 3 N–H and O–H groups in total. The number of hydrogen-bond donors (Lipinski definition) is 2. The van der Waals surface area contributed by atoms with E-state index in [1.54, 1.807) is 11.6 Å². The Kier molecular flexibility index (Phi) is 5.50. The normalized spacial score (nSPS) is 16.2. The Morgan fingerprint density at radius 3 is 2.73 bits per heavy atom. The van der Waals surface area contributed by atoms with Crippen LogP contribution in [0.2, 0.25) is 0 Å². The van der Waals surface area contributed by atoms with Gasteiger partial charge in [-0.05, 0) is 41.5 Å². The molecule has 0 radical (unpaired) electrons. The first-order valence-electron chi connectivity index (χ1n) is 8.90. The van der Waals surface area contributed by atoms with Gasteiger partial charge in [-0.25, -0.2) is 0 Å². The highest BCUT2D eigenvalue weighted by Crippen LogP contribution is 2.34. The van der Waals surface area contributed by atoms with Crippen molar-refractivity contribution >= 4 is 11.9 Å². The number of tetrazole rings is 1. The molecule has 0 saturated carbocycles. The molecular weight excluding hydrogens is 332 g/mol. The van der Waals surface area contributed by atoms with Crippen molar-refractivity contribution in [2.75, 3.05) is 11.9 Å². The third-order valence-corrected chi connectivity index (χ3v) is 4.44. The van der Waals surface area contributed by atoms with Crippen molar-refractivity contribution in [3.05, 3.63) is 41.1 Å². The largest absolute Gasteiger partial charge is 0.494 e. The van der Waals surface area contributed by atoms with Gasteiger partial charge in [0.15, 0.2) is 0 Å². The second kappa shape index (κ2) is 7.99. The molecule has 1 aromatic heterocycles. The van der Waals surface area contributed by atoms with Gasteiger partial charge in [0.1, 0.15) is 11.8 Å². The molecule has 2 heterocycles. The van der Waals surface area contributed by atoms with E-state index in [9.17, 15) is 4.79 Å². The standard InChI is InChI=1S/C18H24N6O2/c1-3-4-5-6-11-26-14-9-7-13(8-10-14)16-15(17(19)25)12(2)20-18-21-22-23-24(16)18/h7-10,16H,3-6,11H2,1-2H3,(H2,19,25)(H,20,21,23). The maximum absolute atomic E-state index is 12.0. The van der Waals surface area contributed by atoms with Crippen LogP contribution in [0.5, 0.6) is 5.75 Å². The van der Waals surface area contributed by atoms with Crippen LogP contribution in [0.1, 0.15) is 51.1 Å². The highest BCUT2D eigenvalue weighted by atomic mass is 16.5. The van der Waals surface area contributed by atoms with Gasteiger partial charge in [0.05, 0.1) is 12.2 Å². The number of primary amides is 1. The Morgan fingerprint density at radius 2 is 2.04 bits per heavy atom. The minimum atomic E-state index is -0.502. The third kappa shape index (κ3) is 3.68. The molecule has 1 aromatic carbocycles. The first-order chi connectivity index (χ1) is 12.6. The first kappa shape index (κ1) is 17.9.